The summed E-state index contributed by atoms with van der Waals surface area (Å²) in [6.07, 6.45) is 3.69. The largest absolute Gasteiger partial charge is 0.467 e. The maximum absolute atomic E-state index is 13.6. The number of hydrogen-bond acceptors (Lipinski definition) is 5. The summed E-state index contributed by atoms with van der Waals surface area (Å²) in [6, 6.07) is 3.45. The summed E-state index contributed by atoms with van der Waals surface area (Å²) in [5, 5.41) is 5.99. The molecule has 0 saturated heterocycles. The first-order valence-electron chi connectivity index (χ1n) is 6.27. The van der Waals surface area contributed by atoms with Crippen LogP contribution in [-0.4, -0.2) is 16.5 Å². The summed E-state index contributed by atoms with van der Waals surface area (Å²) in [5.74, 6) is 0.816. The van der Waals surface area contributed by atoms with E-state index in [0.717, 1.165) is 24.9 Å². The molecule has 5 nitrogen and oxygen atoms in total. The molecule has 102 valence electrons. The fourth-order valence-corrected chi connectivity index (χ4v) is 1.60. The quantitative estimate of drug-likeness (QED) is 0.838. The highest BCUT2D eigenvalue weighted by atomic mass is 19.1. The molecule has 0 aliphatic heterocycles. The fraction of sp³-hybridized carbons (Fsp3) is 0.385. The van der Waals surface area contributed by atoms with Gasteiger partial charge in [0.15, 0.2) is 11.6 Å². The van der Waals surface area contributed by atoms with Crippen LogP contribution in [0.2, 0.25) is 0 Å². The van der Waals surface area contributed by atoms with Crippen LogP contribution in [0, 0.1) is 5.82 Å². The number of nitrogens with one attached hydrogen (secondary N) is 2. The average Bonchev–Trinajstić information content (AvgIpc) is 2.93. The Balaban J connectivity index is 2.10. The van der Waals surface area contributed by atoms with Gasteiger partial charge in [-0.15, -0.1) is 0 Å². The summed E-state index contributed by atoms with van der Waals surface area (Å²) in [7, 11) is 0. The van der Waals surface area contributed by atoms with Crippen molar-refractivity contribution < 1.29 is 8.81 Å². The molecule has 6 heteroatoms. The van der Waals surface area contributed by atoms with Crippen molar-refractivity contribution in [2.45, 2.75) is 26.3 Å². The van der Waals surface area contributed by atoms with Gasteiger partial charge in [0.2, 0.25) is 5.95 Å². The number of nitrogens with zero attached hydrogens (tertiary/aromatic N) is 2. The Kier molecular flexibility index (Phi) is 4.33. The number of aromatic nitrogens is 2. The van der Waals surface area contributed by atoms with Crippen LogP contribution >= 0.6 is 0 Å². The Morgan fingerprint density at radius 1 is 1.47 bits per heavy atom. The molecule has 0 aliphatic carbocycles. The smallest absolute Gasteiger partial charge is 0.224 e. The molecular weight excluding hydrogens is 247 g/mol. The Labute approximate surface area is 111 Å². The van der Waals surface area contributed by atoms with Crippen LogP contribution in [0.15, 0.2) is 29.0 Å². The lowest BCUT2D eigenvalue weighted by molar-refractivity contribution is 0.488. The van der Waals surface area contributed by atoms with Crippen LogP contribution in [0.25, 0.3) is 0 Å². The third kappa shape index (κ3) is 3.43. The first-order chi connectivity index (χ1) is 9.20. The van der Waals surface area contributed by atoms with Gasteiger partial charge in [-0.2, -0.15) is 4.98 Å². The predicted molar refractivity (Wildman–Crippen MR) is 71.5 cm³/mol. The molecule has 0 bridgehead atoms. The van der Waals surface area contributed by atoms with Gasteiger partial charge in [-0.1, -0.05) is 6.92 Å². The molecule has 2 N–H and O–H groups in total. The van der Waals surface area contributed by atoms with E-state index in [1.165, 1.54) is 0 Å². The third-order valence-corrected chi connectivity index (χ3v) is 2.60. The number of hydrogen-bond donors (Lipinski definition) is 2. The van der Waals surface area contributed by atoms with Gasteiger partial charge in [-0.25, -0.2) is 9.37 Å². The molecule has 0 aliphatic rings. The maximum atomic E-state index is 13.6. The highest BCUT2D eigenvalue weighted by Crippen LogP contribution is 2.20. The van der Waals surface area contributed by atoms with Crippen LogP contribution < -0.4 is 10.6 Å². The van der Waals surface area contributed by atoms with Gasteiger partial charge < -0.3 is 15.1 Å². The third-order valence-electron chi connectivity index (χ3n) is 2.60. The monoisotopic (exact) mass is 264 g/mol. The highest BCUT2D eigenvalue weighted by Gasteiger charge is 2.13. The molecule has 0 saturated carbocycles. The van der Waals surface area contributed by atoms with E-state index in [0.29, 0.717) is 5.95 Å². The van der Waals surface area contributed by atoms with E-state index >= 15 is 0 Å². The van der Waals surface area contributed by atoms with Crippen LogP contribution in [0.1, 0.15) is 32.1 Å². The molecule has 2 aromatic heterocycles. The van der Waals surface area contributed by atoms with Gasteiger partial charge >= 0.3 is 0 Å². The van der Waals surface area contributed by atoms with E-state index in [9.17, 15) is 4.39 Å². The number of anilines is 2. The van der Waals surface area contributed by atoms with Crippen molar-refractivity contribution in [3.8, 4) is 0 Å². The Hall–Kier alpha value is -2.11. The summed E-state index contributed by atoms with van der Waals surface area (Å²) >= 11 is 0. The standard InChI is InChI=1S/C13H17FN4O/c1-3-6-15-13-16-8-10(14)12(18-13)17-9(2)11-5-4-7-19-11/h4-5,7-9H,3,6H2,1-2H3,(H2,15,16,17,18). The zero-order valence-electron chi connectivity index (χ0n) is 11.0. The minimum atomic E-state index is -0.486. The van der Waals surface area contributed by atoms with Gasteiger partial charge in [0.05, 0.1) is 18.5 Å². The Morgan fingerprint density at radius 2 is 2.32 bits per heavy atom. The van der Waals surface area contributed by atoms with Gasteiger partial charge in [-0.3, -0.25) is 0 Å². The Morgan fingerprint density at radius 3 is 3.00 bits per heavy atom. The molecule has 1 unspecified atom stereocenters. The molecule has 0 spiro atoms. The Bertz CT molecular complexity index is 515. The van der Waals surface area contributed by atoms with Crippen molar-refractivity contribution in [1.82, 2.24) is 9.97 Å². The first-order valence-corrected chi connectivity index (χ1v) is 6.27. The number of furan rings is 1. The molecular formula is C13H17FN4O. The topological polar surface area (TPSA) is 63.0 Å². The second-order valence-electron chi connectivity index (χ2n) is 4.20. The second kappa shape index (κ2) is 6.17. The molecule has 2 aromatic rings. The lowest BCUT2D eigenvalue weighted by Crippen LogP contribution is -2.11. The van der Waals surface area contributed by atoms with Crippen LogP contribution in [0.3, 0.4) is 0 Å². The van der Waals surface area contributed by atoms with E-state index in [2.05, 4.69) is 20.6 Å². The van der Waals surface area contributed by atoms with Crippen molar-refractivity contribution in [3.63, 3.8) is 0 Å². The van der Waals surface area contributed by atoms with Crippen molar-refractivity contribution in [2.24, 2.45) is 0 Å². The minimum Gasteiger partial charge on any atom is -0.467 e. The summed E-state index contributed by atoms with van der Waals surface area (Å²) in [4.78, 5) is 8.00. The van der Waals surface area contributed by atoms with E-state index in [1.54, 1.807) is 12.3 Å². The summed E-state index contributed by atoms with van der Waals surface area (Å²) < 4.78 is 18.9. The van der Waals surface area contributed by atoms with Gasteiger partial charge in [0, 0.05) is 6.54 Å². The van der Waals surface area contributed by atoms with Crippen LogP contribution in [0.5, 0.6) is 0 Å². The molecule has 0 amide bonds. The van der Waals surface area contributed by atoms with Crippen molar-refractivity contribution in [1.29, 1.82) is 0 Å². The lowest BCUT2D eigenvalue weighted by atomic mass is 10.2. The van der Waals surface area contributed by atoms with Crippen LogP contribution in [0.4, 0.5) is 16.2 Å². The van der Waals surface area contributed by atoms with Gasteiger partial charge in [0.25, 0.3) is 0 Å². The van der Waals surface area contributed by atoms with E-state index in [-0.39, 0.29) is 11.9 Å². The van der Waals surface area contributed by atoms with E-state index in [1.807, 2.05) is 19.9 Å². The van der Waals surface area contributed by atoms with Crippen molar-refractivity contribution in [3.05, 3.63) is 36.2 Å². The van der Waals surface area contributed by atoms with Gasteiger partial charge in [0.1, 0.15) is 5.76 Å². The number of rotatable bonds is 6. The summed E-state index contributed by atoms with van der Waals surface area (Å²) in [6.45, 7) is 4.66. The molecule has 1 atom stereocenters. The summed E-state index contributed by atoms with van der Waals surface area (Å²) in [5.41, 5.74) is 0. The van der Waals surface area contributed by atoms with E-state index < -0.39 is 5.82 Å². The highest BCUT2D eigenvalue weighted by molar-refractivity contribution is 5.42. The molecule has 0 radical (unpaired) electrons. The molecule has 19 heavy (non-hydrogen) atoms. The first kappa shape index (κ1) is 13.3. The zero-order valence-corrected chi connectivity index (χ0v) is 11.0. The molecule has 2 rings (SSSR count). The van der Waals surface area contributed by atoms with Crippen molar-refractivity contribution in [2.75, 3.05) is 17.2 Å². The van der Waals surface area contributed by atoms with Crippen molar-refractivity contribution >= 4 is 11.8 Å². The lowest BCUT2D eigenvalue weighted by Gasteiger charge is -2.13. The zero-order chi connectivity index (χ0) is 13.7. The molecule has 0 aromatic carbocycles. The van der Waals surface area contributed by atoms with Crippen LogP contribution in [-0.2, 0) is 0 Å². The maximum Gasteiger partial charge on any atom is 0.224 e. The number of halogens is 1. The molecule has 0 fully saturated rings. The van der Waals surface area contributed by atoms with E-state index in [4.69, 9.17) is 4.42 Å². The second-order valence-corrected chi connectivity index (χ2v) is 4.20. The molecule has 2 heterocycles. The fourth-order valence-electron chi connectivity index (χ4n) is 1.60. The minimum absolute atomic E-state index is 0.164. The average molecular weight is 264 g/mol. The van der Waals surface area contributed by atoms with Gasteiger partial charge in [-0.05, 0) is 25.5 Å². The predicted octanol–water partition coefficient (Wildman–Crippen LogP) is 3.20. The normalized spacial score (nSPS) is 12.2. The SMILES string of the molecule is CCCNc1ncc(F)c(NC(C)c2ccco2)n1.